The maximum absolute atomic E-state index is 12.6. The van der Waals surface area contributed by atoms with Crippen molar-refractivity contribution >= 4 is 5.91 Å². The molecular weight excluding hydrogens is 296 g/mol. The van der Waals surface area contributed by atoms with E-state index >= 15 is 0 Å². The van der Waals surface area contributed by atoms with E-state index in [4.69, 9.17) is 13.9 Å². The normalized spacial score (nSPS) is 26.8. The molecule has 0 N–H and O–H groups in total. The second-order valence-corrected chi connectivity index (χ2v) is 5.81. The van der Waals surface area contributed by atoms with Crippen molar-refractivity contribution in [3.8, 4) is 5.88 Å². The van der Waals surface area contributed by atoms with E-state index in [9.17, 15) is 4.79 Å². The molecule has 2 fully saturated rings. The van der Waals surface area contributed by atoms with E-state index in [1.807, 2.05) is 23.1 Å². The Bertz CT molecular complexity index is 658. The molecular formula is C17H18N2O4. The third-order valence-corrected chi connectivity index (χ3v) is 4.47. The van der Waals surface area contributed by atoms with Crippen molar-refractivity contribution in [3.63, 3.8) is 0 Å². The van der Waals surface area contributed by atoms with Crippen LogP contribution in [0.25, 0.3) is 0 Å². The first-order valence-corrected chi connectivity index (χ1v) is 7.85. The lowest BCUT2D eigenvalue weighted by molar-refractivity contribution is -0.0793. The predicted octanol–water partition coefficient (Wildman–Crippen LogP) is 2.13. The van der Waals surface area contributed by atoms with Crippen molar-refractivity contribution < 1.29 is 18.7 Å². The number of amides is 1. The highest BCUT2D eigenvalue weighted by Gasteiger charge is 2.46. The van der Waals surface area contributed by atoms with Crippen LogP contribution in [0.5, 0.6) is 5.88 Å². The van der Waals surface area contributed by atoms with Crippen LogP contribution < -0.4 is 4.74 Å². The number of carbonyl (C=O) groups is 1. The van der Waals surface area contributed by atoms with Gasteiger partial charge in [-0.1, -0.05) is 6.07 Å². The van der Waals surface area contributed by atoms with Crippen molar-refractivity contribution in [3.05, 3.63) is 48.6 Å². The van der Waals surface area contributed by atoms with Gasteiger partial charge in [-0.05, 0) is 25.0 Å². The second-order valence-electron chi connectivity index (χ2n) is 5.81. The van der Waals surface area contributed by atoms with Gasteiger partial charge in [0, 0.05) is 18.8 Å². The molecule has 120 valence electrons. The van der Waals surface area contributed by atoms with Gasteiger partial charge in [0.25, 0.3) is 5.91 Å². The van der Waals surface area contributed by atoms with Gasteiger partial charge < -0.3 is 18.8 Å². The average Bonchev–Trinajstić information content (AvgIpc) is 3.25. The minimum atomic E-state index is -0.110. The number of morpholine rings is 1. The highest BCUT2D eigenvalue weighted by molar-refractivity contribution is 5.94. The minimum absolute atomic E-state index is 0.00413. The van der Waals surface area contributed by atoms with E-state index in [1.165, 1.54) is 12.5 Å². The molecule has 2 aliphatic rings. The molecule has 1 saturated carbocycles. The first kappa shape index (κ1) is 14.3. The highest BCUT2D eigenvalue weighted by Crippen LogP contribution is 2.33. The number of hydrogen-bond acceptors (Lipinski definition) is 5. The molecule has 0 unspecified atom stereocenters. The predicted molar refractivity (Wildman–Crippen MR) is 81.2 cm³/mol. The van der Waals surface area contributed by atoms with Crippen LogP contribution in [0.15, 0.2) is 47.4 Å². The molecule has 3 atom stereocenters. The van der Waals surface area contributed by atoms with Crippen LogP contribution in [0.1, 0.15) is 23.2 Å². The molecule has 23 heavy (non-hydrogen) atoms. The molecule has 6 nitrogen and oxygen atoms in total. The van der Waals surface area contributed by atoms with Crippen LogP contribution in [0.2, 0.25) is 0 Å². The fraction of sp³-hybridized carbons (Fsp3) is 0.412. The molecule has 2 aromatic rings. The largest absolute Gasteiger partial charge is 0.472 e. The Labute approximate surface area is 134 Å². The van der Waals surface area contributed by atoms with E-state index in [0.29, 0.717) is 24.6 Å². The summed E-state index contributed by atoms with van der Waals surface area (Å²) in [5.74, 6) is 0.593. The van der Waals surface area contributed by atoms with Crippen molar-refractivity contribution in [2.75, 3.05) is 13.2 Å². The summed E-state index contributed by atoms with van der Waals surface area (Å²) in [4.78, 5) is 18.7. The minimum Gasteiger partial charge on any atom is -0.472 e. The number of furan rings is 1. The van der Waals surface area contributed by atoms with Gasteiger partial charge in [0.2, 0.25) is 5.88 Å². The zero-order valence-electron chi connectivity index (χ0n) is 12.6. The number of aromatic nitrogens is 1. The third kappa shape index (κ3) is 2.70. The van der Waals surface area contributed by atoms with Gasteiger partial charge >= 0.3 is 0 Å². The van der Waals surface area contributed by atoms with Gasteiger partial charge in [-0.25, -0.2) is 4.98 Å². The Kier molecular flexibility index (Phi) is 3.75. The monoisotopic (exact) mass is 314 g/mol. The quantitative estimate of drug-likeness (QED) is 0.868. The molecule has 0 bridgehead atoms. The molecule has 4 rings (SSSR count). The Morgan fingerprint density at radius 3 is 3.04 bits per heavy atom. The molecule has 0 spiro atoms. The van der Waals surface area contributed by atoms with E-state index in [2.05, 4.69) is 4.98 Å². The summed E-state index contributed by atoms with van der Waals surface area (Å²) in [6.45, 7) is 1.12. The summed E-state index contributed by atoms with van der Waals surface area (Å²) in [6.07, 6.45) is 6.25. The molecule has 1 amide bonds. The summed E-state index contributed by atoms with van der Waals surface area (Å²) in [5.41, 5.74) is 0.583. The topological polar surface area (TPSA) is 64.8 Å². The summed E-state index contributed by atoms with van der Waals surface area (Å²) in [6, 6.07) is 7.33. The maximum Gasteiger partial charge on any atom is 0.257 e. The van der Waals surface area contributed by atoms with Gasteiger partial charge in [-0.3, -0.25) is 4.79 Å². The van der Waals surface area contributed by atoms with Crippen LogP contribution >= 0.6 is 0 Å². The van der Waals surface area contributed by atoms with Gasteiger partial charge in [-0.2, -0.15) is 0 Å². The summed E-state index contributed by atoms with van der Waals surface area (Å²) in [7, 11) is 0. The highest BCUT2D eigenvalue weighted by atomic mass is 16.5. The fourth-order valence-corrected chi connectivity index (χ4v) is 3.42. The lowest BCUT2D eigenvalue weighted by Gasteiger charge is -2.38. The van der Waals surface area contributed by atoms with Gasteiger partial charge in [0.1, 0.15) is 18.5 Å². The maximum atomic E-state index is 12.6. The van der Waals surface area contributed by atoms with Gasteiger partial charge in [-0.15, -0.1) is 0 Å². The van der Waals surface area contributed by atoms with Crippen LogP contribution in [-0.2, 0) is 4.74 Å². The summed E-state index contributed by atoms with van der Waals surface area (Å²) >= 11 is 0. The Balaban J connectivity index is 1.49. The van der Waals surface area contributed by atoms with Crippen molar-refractivity contribution in [2.24, 2.45) is 0 Å². The van der Waals surface area contributed by atoms with Crippen LogP contribution in [0.4, 0.5) is 0 Å². The van der Waals surface area contributed by atoms with Gasteiger partial charge in [0.15, 0.2) is 0 Å². The number of pyridine rings is 1. The summed E-state index contributed by atoms with van der Waals surface area (Å²) < 4.78 is 16.9. The molecule has 1 saturated heterocycles. The smallest absolute Gasteiger partial charge is 0.257 e. The second kappa shape index (κ2) is 6.04. The van der Waals surface area contributed by atoms with E-state index in [0.717, 1.165) is 12.8 Å². The number of rotatable bonds is 3. The van der Waals surface area contributed by atoms with Crippen molar-refractivity contribution in [1.29, 1.82) is 0 Å². The van der Waals surface area contributed by atoms with Crippen LogP contribution in [-0.4, -0.2) is 47.2 Å². The standard InChI is InChI=1S/C17H18N2O4/c20-17(12-6-9-21-11-12)19-8-10-22-16-13(19)4-5-14(16)23-15-3-1-2-7-18-15/h1-3,6-7,9,11,13-14,16H,4-5,8,10H2/t13-,14+,16+/m1/s1. The molecule has 1 aliphatic carbocycles. The number of ether oxygens (including phenoxy) is 2. The molecule has 2 aromatic heterocycles. The van der Waals surface area contributed by atoms with E-state index < -0.39 is 0 Å². The van der Waals surface area contributed by atoms with Crippen molar-refractivity contribution in [1.82, 2.24) is 9.88 Å². The number of fused-ring (bicyclic) bond motifs is 1. The zero-order chi connectivity index (χ0) is 15.6. The summed E-state index contributed by atoms with van der Waals surface area (Å²) in [5, 5.41) is 0. The van der Waals surface area contributed by atoms with E-state index in [1.54, 1.807) is 12.3 Å². The Morgan fingerprint density at radius 2 is 2.26 bits per heavy atom. The SMILES string of the molecule is O=C(c1ccoc1)N1CCO[C@@H]2[C@@H](Oc3ccccn3)CC[C@H]21. The number of carbonyl (C=O) groups excluding carboxylic acids is 1. The lowest BCUT2D eigenvalue weighted by atomic mass is 10.1. The van der Waals surface area contributed by atoms with Crippen molar-refractivity contribution in [2.45, 2.75) is 31.1 Å². The van der Waals surface area contributed by atoms with E-state index in [-0.39, 0.29) is 24.2 Å². The fourth-order valence-electron chi connectivity index (χ4n) is 3.42. The van der Waals surface area contributed by atoms with Gasteiger partial charge in [0.05, 0.1) is 24.5 Å². The molecule has 0 aromatic carbocycles. The molecule has 3 heterocycles. The van der Waals surface area contributed by atoms with Crippen LogP contribution in [0, 0.1) is 0 Å². The zero-order valence-corrected chi connectivity index (χ0v) is 12.6. The lowest BCUT2D eigenvalue weighted by Crippen LogP contribution is -2.54. The molecule has 1 aliphatic heterocycles. The average molecular weight is 314 g/mol. The first-order chi connectivity index (χ1) is 11.3. The van der Waals surface area contributed by atoms with Crippen LogP contribution in [0.3, 0.4) is 0 Å². The third-order valence-electron chi connectivity index (χ3n) is 4.47. The Hall–Kier alpha value is -2.34. The first-order valence-electron chi connectivity index (χ1n) is 7.85. The molecule has 0 radical (unpaired) electrons. The number of hydrogen-bond donors (Lipinski definition) is 0. The Morgan fingerprint density at radius 1 is 1.30 bits per heavy atom. The number of nitrogens with zero attached hydrogens (tertiary/aromatic N) is 2. The molecule has 6 heteroatoms.